The van der Waals surface area contributed by atoms with E-state index < -0.39 is 0 Å². The predicted octanol–water partition coefficient (Wildman–Crippen LogP) is 3.26. The first kappa shape index (κ1) is 20.2. The van der Waals surface area contributed by atoms with Crippen LogP contribution in [-0.4, -0.2) is 67.1 Å². The van der Waals surface area contributed by atoms with Crippen molar-refractivity contribution in [1.29, 1.82) is 0 Å². The summed E-state index contributed by atoms with van der Waals surface area (Å²) in [6.07, 6.45) is 13.2. The third kappa shape index (κ3) is 3.82. The zero-order valence-electron chi connectivity index (χ0n) is 18.5. The van der Waals surface area contributed by atoms with Crippen molar-refractivity contribution in [3.05, 3.63) is 48.7 Å². The second kappa shape index (κ2) is 8.47. The van der Waals surface area contributed by atoms with Gasteiger partial charge in [0, 0.05) is 49.8 Å². The van der Waals surface area contributed by atoms with Crippen LogP contribution in [0.3, 0.4) is 0 Å². The van der Waals surface area contributed by atoms with Crippen LogP contribution in [0.2, 0.25) is 0 Å². The van der Waals surface area contributed by atoms with Gasteiger partial charge in [0.05, 0.1) is 24.0 Å². The fraction of sp³-hybridized carbons (Fsp3) is 0.417. The van der Waals surface area contributed by atoms with Crippen molar-refractivity contribution in [3.63, 3.8) is 0 Å². The molecule has 2 saturated heterocycles. The Kier molecular flexibility index (Phi) is 5.18. The van der Waals surface area contributed by atoms with Gasteiger partial charge in [-0.05, 0) is 50.3 Å². The summed E-state index contributed by atoms with van der Waals surface area (Å²) < 4.78 is 9.50. The summed E-state index contributed by atoms with van der Waals surface area (Å²) in [5.41, 5.74) is 4.26. The average Bonchev–Trinajstić information content (AvgIpc) is 3.62. The molecule has 2 aliphatic heterocycles. The zero-order chi connectivity index (χ0) is 22.2. The molecule has 1 atom stereocenters. The van der Waals surface area contributed by atoms with Crippen molar-refractivity contribution in [2.24, 2.45) is 0 Å². The Bertz CT molecular complexity index is 1300. The molecule has 4 aromatic rings. The van der Waals surface area contributed by atoms with Gasteiger partial charge in [-0.3, -0.25) is 9.20 Å². The van der Waals surface area contributed by atoms with E-state index >= 15 is 0 Å². The van der Waals surface area contributed by atoms with E-state index in [1.807, 2.05) is 50.6 Å². The molecule has 6 rings (SSSR count). The van der Waals surface area contributed by atoms with E-state index in [0.29, 0.717) is 18.2 Å². The van der Waals surface area contributed by atoms with E-state index in [-0.39, 0.29) is 12.0 Å². The van der Waals surface area contributed by atoms with Crippen LogP contribution in [-0.2, 0) is 4.74 Å². The summed E-state index contributed by atoms with van der Waals surface area (Å²) in [5.74, 6) is 0.627. The summed E-state index contributed by atoms with van der Waals surface area (Å²) in [6.45, 7) is 3.18. The lowest BCUT2D eigenvalue weighted by Crippen LogP contribution is -2.28. The van der Waals surface area contributed by atoms with Gasteiger partial charge in [0.15, 0.2) is 0 Å². The maximum Gasteiger partial charge on any atom is 0.272 e. The standard InChI is InChI=1S/C24H27N7O2/c32-23(29-9-2-3-10-29)21-15-25-22-7-6-17(16-30(21)22)19-8-11-31-20(19)14-27-24(28-31)26-13-18-5-1-4-12-33-18/h6-8,11,14-16,18H,1-5,9-10,12-13H2,(H,26,28). The lowest BCUT2D eigenvalue weighted by Gasteiger charge is -2.22. The fourth-order valence-electron chi connectivity index (χ4n) is 4.78. The van der Waals surface area contributed by atoms with Crippen molar-refractivity contribution in [1.82, 2.24) is 28.9 Å². The molecule has 0 bridgehead atoms. The number of carbonyl (C=O) groups excluding carboxylic acids is 1. The Balaban J connectivity index is 1.27. The van der Waals surface area contributed by atoms with Crippen LogP contribution in [0.15, 0.2) is 43.0 Å². The molecule has 0 aromatic carbocycles. The molecule has 9 heteroatoms. The van der Waals surface area contributed by atoms with E-state index in [0.717, 1.165) is 67.7 Å². The highest BCUT2D eigenvalue weighted by Gasteiger charge is 2.23. The Hall–Kier alpha value is -3.46. The largest absolute Gasteiger partial charge is 0.376 e. The molecule has 0 aliphatic carbocycles. The maximum absolute atomic E-state index is 13.0. The average molecular weight is 446 g/mol. The van der Waals surface area contributed by atoms with Gasteiger partial charge in [-0.2, -0.15) is 0 Å². The molecule has 4 aromatic heterocycles. The molecule has 6 heterocycles. The maximum atomic E-state index is 13.0. The van der Waals surface area contributed by atoms with Crippen molar-refractivity contribution in [2.45, 2.75) is 38.2 Å². The third-order valence-corrected chi connectivity index (χ3v) is 6.61. The topological polar surface area (TPSA) is 89.1 Å². The number of hydrogen-bond donors (Lipinski definition) is 1. The Morgan fingerprint density at radius 3 is 2.85 bits per heavy atom. The minimum atomic E-state index is 0.0416. The van der Waals surface area contributed by atoms with Crippen LogP contribution in [0.4, 0.5) is 5.95 Å². The first-order chi connectivity index (χ1) is 16.3. The molecule has 0 saturated carbocycles. The van der Waals surface area contributed by atoms with Crippen LogP contribution < -0.4 is 5.32 Å². The Morgan fingerprint density at radius 2 is 2.00 bits per heavy atom. The van der Waals surface area contributed by atoms with Crippen LogP contribution in [0.1, 0.15) is 42.6 Å². The van der Waals surface area contributed by atoms with Gasteiger partial charge in [0.25, 0.3) is 5.91 Å². The summed E-state index contributed by atoms with van der Waals surface area (Å²) in [6, 6.07) is 5.99. The second-order valence-corrected chi connectivity index (χ2v) is 8.80. The van der Waals surface area contributed by atoms with Crippen molar-refractivity contribution < 1.29 is 9.53 Å². The molecule has 9 nitrogen and oxygen atoms in total. The van der Waals surface area contributed by atoms with Crippen molar-refractivity contribution in [2.75, 3.05) is 31.6 Å². The number of rotatable bonds is 5. The number of amides is 1. The van der Waals surface area contributed by atoms with E-state index in [1.54, 1.807) is 6.20 Å². The number of pyridine rings is 1. The number of hydrogen-bond acceptors (Lipinski definition) is 6. The monoisotopic (exact) mass is 445 g/mol. The highest BCUT2D eigenvalue weighted by molar-refractivity contribution is 5.93. The molecule has 1 amide bonds. The molecule has 1 unspecified atom stereocenters. The molecule has 2 aliphatic rings. The van der Waals surface area contributed by atoms with Gasteiger partial charge in [-0.25, -0.2) is 14.5 Å². The van der Waals surface area contributed by atoms with Crippen LogP contribution in [0, 0.1) is 0 Å². The Morgan fingerprint density at radius 1 is 1.09 bits per heavy atom. The van der Waals surface area contributed by atoms with Gasteiger partial charge >= 0.3 is 0 Å². The SMILES string of the molecule is O=C(c1cnc2ccc(-c3ccn4nc(NCC5CCCCO5)ncc34)cn12)N1CCCC1. The fourth-order valence-corrected chi connectivity index (χ4v) is 4.78. The number of likely N-dealkylation sites (tertiary alicyclic amines) is 1. The molecular weight excluding hydrogens is 418 g/mol. The van der Waals surface area contributed by atoms with Crippen LogP contribution >= 0.6 is 0 Å². The molecule has 1 N–H and O–H groups in total. The second-order valence-electron chi connectivity index (χ2n) is 8.80. The van der Waals surface area contributed by atoms with Crippen molar-refractivity contribution >= 4 is 23.0 Å². The smallest absolute Gasteiger partial charge is 0.272 e. The molecule has 170 valence electrons. The number of fused-ring (bicyclic) bond motifs is 2. The van der Waals surface area contributed by atoms with Gasteiger partial charge < -0.3 is 15.0 Å². The summed E-state index contributed by atoms with van der Waals surface area (Å²) in [4.78, 5) is 23.8. The number of carbonyl (C=O) groups is 1. The van der Waals surface area contributed by atoms with E-state index in [1.165, 1.54) is 6.42 Å². The first-order valence-corrected chi connectivity index (χ1v) is 11.7. The van der Waals surface area contributed by atoms with Gasteiger partial charge in [0.2, 0.25) is 5.95 Å². The zero-order valence-corrected chi connectivity index (χ0v) is 18.5. The summed E-state index contributed by atoms with van der Waals surface area (Å²) in [7, 11) is 0. The number of ether oxygens (including phenoxy) is 1. The molecule has 2 fully saturated rings. The lowest BCUT2D eigenvalue weighted by atomic mass is 10.1. The third-order valence-electron chi connectivity index (χ3n) is 6.61. The summed E-state index contributed by atoms with van der Waals surface area (Å²) in [5, 5.41) is 7.92. The number of imidazole rings is 1. The van der Waals surface area contributed by atoms with Gasteiger partial charge in [-0.15, -0.1) is 5.10 Å². The normalized spacial score (nSPS) is 18.9. The molecule has 0 radical (unpaired) electrons. The molecular formula is C24H27N7O2. The minimum Gasteiger partial charge on any atom is -0.376 e. The minimum absolute atomic E-state index is 0.0416. The first-order valence-electron chi connectivity index (χ1n) is 11.7. The number of anilines is 1. The van der Waals surface area contributed by atoms with E-state index in [4.69, 9.17) is 4.74 Å². The van der Waals surface area contributed by atoms with Gasteiger partial charge in [0.1, 0.15) is 11.3 Å². The number of nitrogens with zero attached hydrogens (tertiary/aromatic N) is 6. The number of nitrogens with one attached hydrogen (secondary N) is 1. The number of aromatic nitrogens is 5. The van der Waals surface area contributed by atoms with Crippen LogP contribution in [0.5, 0.6) is 0 Å². The Labute approximate surface area is 191 Å². The van der Waals surface area contributed by atoms with E-state index in [9.17, 15) is 4.79 Å². The quantitative estimate of drug-likeness (QED) is 0.507. The van der Waals surface area contributed by atoms with E-state index in [2.05, 4.69) is 20.4 Å². The highest BCUT2D eigenvalue weighted by Crippen LogP contribution is 2.27. The predicted molar refractivity (Wildman–Crippen MR) is 124 cm³/mol. The summed E-state index contributed by atoms with van der Waals surface area (Å²) >= 11 is 0. The van der Waals surface area contributed by atoms with Crippen LogP contribution in [0.25, 0.3) is 22.3 Å². The lowest BCUT2D eigenvalue weighted by molar-refractivity contribution is 0.0246. The molecule has 0 spiro atoms. The van der Waals surface area contributed by atoms with Crippen molar-refractivity contribution in [3.8, 4) is 11.1 Å². The van der Waals surface area contributed by atoms with Gasteiger partial charge in [-0.1, -0.05) is 0 Å². The highest BCUT2D eigenvalue weighted by atomic mass is 16.5. The molecule has 33 heavy (non-hydrogen) atoms.